The maximum Gasteiger partial charge on any atom is 0.408 e. The van der Waals surface area contributed by atoms with Crippen LogP contribution < -0.4 is 10.6 Å². The smallest absolute Gasteiger partial charge is 0.408 e. The van der Waals surface area contributed by atoms with Crippen molar-refractivity contribution in [2.75, 3.05) is 13.1 Å². The summed E-state index contributed by atoms with van der Waals surface area (Å²) in [7, 11) is 0. The minimum absolute atomic E-state index is 0.217. The lowest BCUT2D eigenvalue weighted by Crippen LogP contribution is -2.55. The van der Waals surface area contributed by atoms with Crippen LogP contribution in [-0.2, 0) is 4.74 Å². The highest BCUT2D eigenvalue weighted by atomic mass is 16.6. The maximum atomic E-state index is 12.0. The number of rotatable bonds is 11. The molecule has 0 aromatic heterocycles. The molecule has 0 spiro atoms. The van der Waals surface area contributed by atoms with Gasteiger partial charge in [-0.2, -0.15) is 0 Å². The zero-order valence-corrected chi connectivity index (χ0v) is 15.7. The van der Waals surface area contributed by atoms with Gasteiger partial charge in [0, 0.05) is 6.54 Å². The summed E-state index contributed by atoms with van der Waals surface area (Å²) in [4.78, 5) is 12.0. The zero-order valence-electron chi connectivity index (χ0n) is 15.7. The largest absolute Gasteiger partial charge is 0.444 e. The van der Waals surface area contributed by atoms with Gasteiger partial charge in [-0.25, -0.2) is 4.79 Å². The second-order valence-corrected chi connectivity index (χ2v) is 7.21. The molecule has 2 N–H and O–H groups in total. The van der Waals surface area contributed by atoms with E-state index in [9.17, 15) is 4.79 Å². The molecule has 0 radical (unpaired) electrons. The topological polar surface area (TPSA) is 50.4 Å². The SMILES string of the molecule is CCCCCCCNCC(CC)(CC)NC(=O)OC(C)(C)C. The molecule has 0 atom stereocenters. The molecule has 0 fully saturated rings. The Morgan fingerprint density at radius 1 is 0.955 bits per heavy atom. The third-order valence-corrected chi connectivity index (χ3v) is 4.04. The highest BCUT2D eigenvalue weighted by Gasteiger charge is 2.29. The monoisotopic (exact) mass is 314 g/mol. The van der Waals surface area contributed by atoms with Crippen LogP contribution in [0.15, 0.2) is 0 Å². The molecule has 22 heavy (non-hydrogen) atoms. The third kappa shape index (κ3) is 10.0. The van der Waals surface area contributed by atoms with E-state index in [4.69, 9.17) is 4.74 Å². The fourth-order valence-electron chi connectivity index (χ4n) is 2.42. The Labute approximate surface area is 137 Å². The summed E-state index contributed by atoms with van der Waals surface area (Å²) >= 11 is 0. The van der Waals surface area contributed by atoms with Gasteiger partial charge in [-0.1, -0.05) is 46.5 Å². The van der Waals surface area contributed by atoms with Crippen LogP contribution in [0.1, 0.15) is 86.5 Å². The molecule has 0 rings (SSSR count). The van der Waals surface area contributed by atoms with Crippen molar-refractivity contribution in [3.05, 3.63) is 0 Å². The minimum atomic E-state index is -0.454. The number of nitrogens with one attached hydrogen (secondary N) is 2. The van der Waals surface area contributed by atoms with E-state index in [1.807, 2.05) is 20.8 Å². The Morgan fingerprint density at radius 2 is 1.55 bits per heavy atom. The Bertz CT molecular complexity index is 294. The van der Waals surface area contributed by atoms with Crippen LogP contribution in [0.5, 0.6) is 0 Å². The van der Waals surface area contributed by atoms with E-state index >= 15 is 0 Å². The summed E-state index contributed by atoms with van der Waals surface area (Å²) in [5, 5.41) is 6.58. The summed E-state index contributed by atoms with van der Waals surface area (Å²) in [6, 6.07) is 0. The van der Waals surface area contributed by atoms with Crippen LogP contribution in [0.25, 0.3) is 0 Å². The molecule has 0 aromatic carbocycles. The van der Waals surface area contributed by atoms with Gasteiger partial charge in [0.1, 0.15) is 5.60 Å². The van der Waals surface area contributed by atoms with Gasteiger partial charge >= 0.3 is 6.09 Å². The van der Waals surface area contributed by atoms with Crippen molar-refractivity contribution in [1.82, 2.24) is 10.6 Å². The average Bonchev–Trinajstić information content (AvgIpc) is 2.43. The van der Waals surface area contributed by atoms with Crippen LogP contribution in [0.2, 0.25) is 0 Å². The predicted octanol–water partition coefficient (Wildman–Crippen LogP) is 4.63. The fraction of sp³-hybridized carbons (Fsp3) is 0.944. The molecular formula is C18H38N2O2. The highest BCUT2D eigenvalue weighted by molar-refractivity contribution is 5.68. The van der Waals surface area contributed by atoms with E-state index in [0.717, 1.165) is 25.9 Å². The van der Waals surface area contributed by atoms with Crippen LogP contribution in [-0.4, -0.2) is 30.3 Å². The van der Waals surface area contributed by atoms with Crippen LogP contribution in [0.3, 0.4) is 0 Å². The summed E-state index contributed by atoms with van der Waals surface area (Å²) in [5.41, 5.74) is -0.671. The molecule has 0 heterocycles. The molecule has 132 valence electrons. The molecule has 0 aliphatic rings. The van der Waals surface area contributed by atoms with Crippen molar-refractivity contribution in [3.63, 3.8) is 0 Å². The van der Waals surface area contributed by atoms with E-state index < -0.39 is 5.60 Å². The second-order valence-electron chi connectivity index (χ2n) is 7.21. The van der Waals surface area contributed by atoms with Crippen molar-refractivity contribution < 1.29 is 9.53 Å². The van der Waals surface area contributed by atoms with E-state index in [0.29, 0.717) is 0 Å². The molecular weight excluding hydrogens is 276 g/mol. The molecule has 4 nitrogen and oxygen atoms in total. The lowest BCUT2D eigenvalue weighted by molar-refractivity contribution is 0.0446. The molecule has 0 unspecified atom stereocenters. The fourth-order valence-corrected chi connectivity index (χ4v) is 2.42. The van der Waals surface area contributed by atoms with E-state index in [1.54, 1.807) is 0 Å². The quantitative estimate of drug-likeness (QED) is 0.547. The van der Waals surface area contributed by atoms with Gasteiger partial charge in [0.25, 0.3) is 0 Å². The van der Waals surface area contributed by atoms with Gasteiger partial charge < -0.3 is 15.4 Å². The lowest BCUT2D eigenvalue weighted by Gasteiger charge is -2.34. The number of carbonyl (C=O) groups is 1. The highest BCUT2D eigenvalue weighted by Crippen LogP contribution is 2.16. The molecule has 0 saturated carbocycles. The van der Waals surface area contributed by atoms with Gasteiger partial charge in [-0.05, 0) is 46.6 Å². The van der Waals surface area contributed by atoms with Crippen molar-refractivity contribution in [3.8, 4) is 0 Å². The molecule has 1 amide bonds. The van der Waals surface area contributed by atoms with Crippen molar-refractivity contribution in [1.29, 1.82) is 0 Å². The van der Waals surface area contributed by atoms with Crippen LogP contribution in [0.4, 0.5) is 4.79 Å². The Hall–Kier alpha value is -0.770. The predicted molar refractivity (Wildman–Crippen MR) is 94.3 cm³/mol. The summed E-state index contributed by atoms with van der Waals surface area (Å²) in [6.45, 7) is 13.9. The zero-order chi connectivity index (χ0) is 17.1. The molecule has 0 saturated heterocycles. The first-order chi connectivity index (χ1) is 10.3. The molecule has 0 aromatic rings. The summed E-state index contributed by atoms with van der Waals surface area (Å²) in [6.07, 6.45) is 7.89. The first kappa shape index (κ1) is 21.2. The third-order valence-electron chi connectivity index (χ3n) is 4.04. The number of hydrogen-bond donors (Lipinski definition) is 2. The first-order valence-electron chi connectivity index (χ1n) is 9.00. The molecule has 0 aliphatic heterocycles. The van der Waals surface area contributed by atoms with E-state index in [-0.39, 0.29) is 11.6 Å². The van der Waals surface area contributed by atoms with Crippen molar-refractivity contribution >= 4 is 6.09 Å². The minimum Gasteiger partial charge on any atom is -0.444 e. The van der Waals surface area contributed by atoms with E-state index in [1.165, 1.54) is 32.1 Å². The number of carbonyl (C=O) groups excluding carboxylic acids is 1. The maximum absolute atomic E-state index is 12.0. The van der Waals surface area contributed by atoms with Crippen LogP contribution >= 0.6 is 0 Å². The van der Waals surface area contributed by atoms with E-state index in [2.05, 4.69) is 31.4 Å². The number of unbranched alkanes of at least 4 members (excludes halogenated alkanes) is 4. The standard InChI is InChI=1S/C18H38N2O2/c1-7-10-11-12-13-14-19-15-18(8-2,9-3)20-16(21)22-17(4,5)6/h19H,7-15H2,1-6H3,(H,20,21). The van der Waals surface area contributed by atoms with Crippen molar-refractivity contribution in [2.45, 2.75) is 97.6 Å². The Balaban J connectivity index is 4.18. The normalized spacial score (nSPS) is 12.3. The second kappa shape index (κ2) is 10.9. The van der Waals surface area contributed by atoms with Crippen LogP contribution in [0, 0.1) is 0 Å². The van der Waals surface area contributed by atoms with Gasteiger partial charge in [-0.15, -0.1) is 0 Å². The lowest BCUT2D eigenvalue weighted by atomic mass is 9.93. The number of ether oxygens (including phenoxy) is 1. The summed E-state index contributed by atoms with van der Waals surface area (Å²) in [5.74, 6) is 0. The van der Waals surface area contributed by atoms with Gasteiger partial charge in [-0.3, -0.25) is 0 Å². The number of amides is 1. The van der Waals surface area contributed by atoms with Gasteiger partial charge in [0.2, 0.25) is 0 Å². The number of alkyl carbamates (subject to hydrolysis) is 1. The van der Waals surface area contributed by atoms with Gasteiger partial charge in [0.15, 0.2) is 0 Å². The Kier molecular flexibility index (Phi) is 10.5. The molecule has 4 heteroatoms. The average molecular weight is 315 g/mol. The van der Waals surface area contributed by atoms with Crippen molar-refractivity contribution in [2.24, 2.45) is 0 Å². The first-order valence-corrected chi connectivity index (χ1v) is 9.00. The van der Waals surface area contributed by atoms with Gasteiger partial charge in [0.05, 0.1) is 5.54 Å². The Morgan fingerprint density at radius 3 is 2.05 bits per heavy atom. The molecule has 0 aliphatic carbocycles. The number of hydrogen-bond acceptors (Lipinski definition) is 3. The summed E-state index contributed by atoms with van der Waals surface area (Å²) < 4.78 is 5.39. The molecule has 0 bridgehead atoms.